The first-order valence-electron chi connectivity index (χ1n) is 21.3. The van der Waals surface area contributed by atoms with Gasteiger partial charge < -0.3 is 64.4 Å². The number of carbonyl (C=O) groups is 7. The van der Waals surface area contributed by atoms with Gasteiger partial charge in [-0.15, -0.1) is 0 Å². The summed E-state index contributed by atoms with van der Waals surface area (Å²) in [5.74, 6) is -18.0. The number of aromatic nitrogens is 5. The lowest BCUT2D eigenvalue weighted by atomic mass is 10.2. The number of nitrogens with zero attached hydrogens (tertiary/aromatic N) is 5. The largest absolute Gasteiger partial charge is 0.445 e. The van der Waals surface area contributed by atoms with Gasteiger partial charge in [-0.2, -0.15) is 8.78 Å². The highest BCUT2D eigenvalue weighted by Gasteiger charge is 2.30. The number of aryl methyl sites for hydroxylation is 4. The molecule has 0 spiro atoms. The average molecular weight is 1010 g/mol. The SMILES string of the molecule is Cn1cc(NC(=O)c2cc(NC(=O)c3nc(NC(=O)C[C@H](CNC(=O)OC(C)(C)C)NC(=O)OCc4ccccc4)cn3C)cn2C)cc1C(=O)Nc1cc(C(=O)Oc2c(F)c(F)c(F)c(F)c2F)n(C)c1. The molecule has 0 bridgehead atoms. The summed E-state index contributed by atoms with van der Waals surface area (Å²) in [5, 5.41) is 15.4. The first-order valence-corrected chi connectivity index (χ1v) is 21.3. The number of hydrogen-bond donors (Lipinski definition) is 6. The molecule has 6 aromatic rings. The molecule has 4 aromatic heterocycles. The molecule has 0 saturated carbocycles. The third kappa shape index (κ3) is 13.0. The first kappa shape index (κ1) is 52.4. The lowest BCUT2D eigenvalue weighted by Crippen LogP contribution is -2.46. The molecular formula is C46H46F5N11O10. The number of anilines is 4. The maximum absolute atomic E-state index is 14.1. The summed E-state index contributed by atoms with van der Waals surface area (Å²) >= 11 is 0. The number of amides is 6. The van der Waals surface area contributed by atoms with E-state index in [1.165, 1.54) is 78.8 Å². The lowest BCUT2D eigenvalue weighted by molar-refractivity contribution is -0.116. The van der Waals surface area contributed by atoms with Crippen molar-refractivity contribution in [2.45, 2.75) is 45.4 Å². The second-order valence-corrected chi connectivity index (χ2v) is 16.9. The maximum Gasteiger partial charge on any atom is 0.407 e. The van der Waals surface area contributed by atoms with Crippen LogP contribution in [0.15, 0.2) is 73.3 Å². The lowest BCUT2D eigenvalue weighted by Gasteiger charge is -2.22. The smallest absolute Gasteiger partial charge is 0.407 e. The topological polar surface area (TPSA) is 252 Å². The summed E-state index contributed by atoms with van der Waals surface area (Å²) in [6, 6.07) is 11.6. The number of imidazole rings is 1. The van der Waals surface area contributed by atoms with Crippen LogP contribution < -0.4 is 36.6 Å². The molecule has 0 fully saturated rings. The zero-order chi connectivity index (χ0) is 52.8. The van der Waals surface area contributed by atoms with Crippen molar-refractivity contribution < 1.29 is 69.7 Å². The monoisotopic (exact) mass is 1010 g/mol. The molecular weight excluding hydrogens is 962 g/mol. The molecule has 2 aromatic carbocycles. The van der Waals surface area contributed by atoms with Gasteiger partial charge >= 0.3 is 18.2 Å². The maximum atomic E-state index is 14.1. The number of nitrogens with one attached hydrogen (secondary N) is 6. The Kier molecular flexibility index (Phi) is 15.8. The molecule has 21 nitrogen and oxygen atoms in total. The van der Waals surface area contributed by atoms with Crippen LogP contribution in [0.3, 0.4) is 0 Å². The summed E-state index contributed by atoms with van der Waals surface area (Å²) in [4.78, 5) is 95.2. The van der Waals surface area contributed by atoms with Gasteiger partial charge in [0.1, 0.15) is 29.3 Å². The fourth-order valence-electron chi connectivity index (χ4n) is 6.73. The van der Waals surface area contributed by atoms with Crippen molar-refractivity contribution in [1.82, 2.24) is 33.9 Å². The summed E-state index contributed by atoms with van der Waals surface area (Å²) < 4.78 is 89.2. The second kappa shape index (κ2) is 21.8. The normalized spacial score (nSPS) is 11.6. The number of rotatable bonds is 16. The van der Waals surface area contributed by atoms with Crippen LogP contribution in [0.5, 0.6) is 5.75 Å². The van der Waals surface area contributed by atoms with E-state index in [1.807, 2.05) is 0 Å². The fourth-order valence-corrected chi connectivity index (χ4v) is 6.73. The molecule has 26 heteroatoms. The molecule has 4 heterocycles. The number of halogens is 5. The molecule has 0 radical (unpaired) electrons. The Bertz CT molecular complexity index is 3060. The van der Waals surface area contributed by atoms with Crippen LogP contribution in [0.4, 0.5) is 54.4 Å². The summed E-state index contributed by atoms with van der Waals surface area (Å²) in [6.45, 7) is 4.75. The molecule has 0 aliphatic rings. The predicted molar refractivity (Wildman–Crippen MR) is 246 cm³/mol. The van der Waals surface area contributed by atoms with Crippen LogP contribution in [0.2, 0.25) is 0 Å². The molecule has 6 N–H and O–H groups in total. The van der Waals surface area contributed by atoms with Crippen LogP contribution in [-0.4, -0.2) is 83.2 Å². The van der Waals surface area contributed by atoms with Crippen molar-refractivity contribution in [3.63, 3.8) is 0 Å². The Hall–Kier alpha value is -8.97. The molecule has 6 rings (SSSR count). The average Bonchev–Trinajstić information content (AvgIpc) is 4.08. The number of alkyl carbamates (subject to hydrolysis) is 2. The van der Waals surface area contributed by atoms with Crippen LogP contribution in [0, 0.1) is 29.1 Å². The first-order chi connectivity index (χ1) is 33.9. The zero-order valence-corrected chi connectivity index (χ0v) is 39.3. The van der Waals surface area contributed by atoms with Gasteiger partial charge in [0, 0.05) is 65.9 Å². The quantitative estimate of drug-likeness (QED) is 0.0208. The summed E-state index contributed by atoms with van der Waals surface area (Å²) in [6.07, 6.45) is 3.44. The van der Waals surface area contributed by atoms with E-state index in [0.29, 0.717) is 0 Å². The highest BCUT2D eigenvalue weighted by Crippen LogP contribution is 2.30. The van der Waals surface area contributed by atoms with Gasteiger partial charge in [-0.1, -0.05) is 30.3 Å². The van der Waals surface area contributed by atoms with E-state index in [2.05, 4.69) is 41.6 Å². The van der Waals surface area contributed by atoms with Gasteiger partial charge in [0.2, 0.25) is 46.6 Å². The van der Waals surface area contributed by atoms with Crippen LogP contribution in [0.1, 0.15) is 74.8 Å². The number of esters is 1. The van der Waals surface area contributed by atoms with Crippen molar-refractivity contribution in [2.75, 3.05) is 27.8 Å². The van der Waals surface area contributed by atoms with Crippen molar-refractivity contribution in [2.24, 2.45) is 28.2 Å². The van der Waals surface area contributed by atoms with Crippen LogP contribution >= 0.6 is 0 Å². The Labute approximate surface area is 405 Å². The number of benzene rings is 2. The zero-order valence-electron chi connectivity index (χ0n) is 39.3. The minimum Gasteiger partial charge on any atom is -0.445 e. The Balaban J connectivity index is 1.04. The van der Waals surface area contributed by atoms with Crippen molar-refractivity contribution >= 4 is 64.7 Å². The molecule has 6 amide bonds. The molecule has 1 atom stereocenters. The van der Waals surface area contributed by atoms with E-state index in [0.717, 1.165) is 16.2 Å². The Morgan fingerprint density at radius 3 is 1.67 bits per heavy atom. The summed E-state index contributed by atoms with van der Waals surface area (Å²) in [5.41, 5.74) is -0.163. The summed E-state index contributed by atoms with van der Waals surface area (Å²) in [7, 11) is 5.80. The van der Waals surface area contributed by atoms with Gasteiger partial charge in [0.25, 0.3) is 17.7 Å². The van der Waals surface area contributed by atoms with Gasteiger partial charge in [-0.05, 0) is 44.5 Å². The predicted octanol–water partition coefficient (Wildman–Crippen LogP) is 6.26. The second-order valence-electron chi connectivity index (χ2n) is 16.9. The van der Waals surface area contributed by atoms with E-state index < -0.39 is 94.0 Å². The standard InChI is InChI=1S/C46H46F5N11O10/c1-46(2,3)72-44(68)52-17-24(56-45(69)70-22-23-11-9-8-10-12-23)16-32(63)57-31-21-62(7)39(58-31)42(66)55-26-14-29(60(5)19-26)40(64)53-25-13-28(59(4)18-25)41(65)54-27-15-30(61(6)20-27)43(67)71-38-36(50)34(48)33(47)35(49)37(38)51/h8-15,18-21,24H,16-17,22H2,1-7H3,(H,52,68)(H,53,64)(H,54,65)(H,55,66)(H,56,69)(H,57,63)/t24-/m1/s1. The number of ether oxygens (including phenoxy) is 3. The van der Waals surface area contributed by atoms with Gasteiger partial charge in [0.05, 0.1) is 23.1 Å². The fraction of sp³-hybridized carbons (Fsp3) is 0.261. The molecule has 0 unspecified atom stereocenters. The van der Waals surface area contributed by atoms with Crippen molar-refractivity contribution in [3.8, 4) is 5.75 Å². The van der Waals surface area contributed by atoms with Crippen molar-refractivity contribution in [3.05, 3.63) is 131 Å². The van der Waals surface area contributed by atoms with E-state index in [-0.39, 0.29) is 59.7 Å². The van der Waals surface area contributed by atoms with Gasteiger partial charge in [-0.25, -0.2) is 32.5 Å². The third-order valence-corrected chi connectivity index (χ3v) is 10.0. The highest BCUT2D eigenvalue weighted by atomic mass is 19.2. The molecule has 0 aliphatic carbocycles. The Morgan fingerprint density at radius 1 is 0.625 bits per heavy atom. The molecule has 380 valence electrons. The van der Waals surface area contributed by atoms with E-state index in [4.69, 9.17) is 9.47 Å². The Morgan fingerprint density at radius 2 is 1.12 bits per heavy atom. The molecule has 72 heavy (non-hydrogen) atoms. The minimum absolute atomic E-state index is 0.00364. The van der Waals surface area contributed by atoms with E-state index in [9.17, 15) is 55.5 Å². The van der Waals surface area contributed by atoms with Crippen LogP contribution in [0.25, 0.3) is 0 Å². The third-order valence-electron chi connectivity index (χ3n) is 10.0. The van der Waals surface area contributed by atoms with Gasteiger partial charge in [-0.3, -0.25) is 19.2 Å². The van der Waals surface area contributed by atoms with Crippen molar-refractivity contribution in [1.29, 1.82) is 0 Å². The van der Waals surface area contributed by atoms with E-state index >= 15 is 0 Å². The number of carbonyl (C=O) groups excluding carboxylic acids is 7. The van der Waals surface area contributed by atoms with Gasteiger partial charge in [0.15, 0.2) is 5.82 Å². The molecule has 0 aliphatic heterocycles. The van der Waals surface area contributed by atoms with E-state index in [1.54, 1.807) is 51.1 Å². The minimum atomic E-state index is -2.44. The van der Waals surface area contributed by atoms with Crippen LogP contribution in [-0.2, 0) is 49.1 Å². The molecule has 0 saturated heterocycles. The highest BCUT2D eigenvalue weighted by molar-refractivity contribution is 6.08. The number of hydrogen-bond acceptors (Lipinski definition) is 11.